The molecule has 8 nitrogen and oxygen atoms in total. The summed E-state index contributed by atoms with van der Waals surface area (Å²) >= 11 is 0. The normalized spacial score (nSPS) is 35.9. The van der Waals surface area contributed by atoms with Gasteiger partial charge in [0.15, 0.2) is 12.4 Å². The Hall–Kier alpha value is -1.22. The summed E-state index contributed by atoms with van der Waals surface area (Å²) < 4.78 is 14.2. The maximum absolute atomic E-state index is 10.8. The molecule has 0 aromatic carbocycles. The fraction of sp³-hybridized carbons (Fsp3) is 0.800. The minimum atomic E-state index is -1.60. The van der Waals surface area contributed by atoms with Crippen LogP contribution in [0.15, 0.2) is 0 Å². The number of carbonyl (C=O) groups is 2. The second kappa shape index (κ2) is 6.10. The zero-order valence-electron chi connectivity index (χ0n) is 9.98. The number of hydrogen-bond donors (Lipinski definition) is 3. The molecule has 1 heterocycles. The van der Waals surface area contributed by atoms with E-state index in [0.29, 0.717) is 0 Å². The first-order valence-corrected chi connectivity index (χ1v) is 5.33. The van der Waals surface area contributed by atoms with E-state index in [1.54, 1.807) is 0 Å². The van der Waals surface area contributed by atoms with Crippen LogP contribution >= 0.6 is 0 Å². The van der Waals surface area contributed by atoms with E-state index in [1.807, 2.05) is 0 Å². The molecular formula is C10H16O8. The lowest BCUT2D eigenvalue weighted by Gasteiger charge is -2.39. The third kappa shape index (κ3) is 3.64. The molecule has 104 valence electrons. The molecule has 0 spiro atoms. The topological polar surface area (TPSA) is 123 Å². The molecule has 1 fully saturated rings. The van der Waals surface area contributed by atoms with Gasteiger partial charge in [0.1, 0.15) is 24.9 Å². The van der Waals surface area contributed by atoms with Gasteiger partial charge in [-0.2, -0.15) is 0 Å². The van der Waals surface area contributed by atoms with Gasteiger partial charge in [-0.15, -0.1) is 0 Å². The fourth-order valence-electron chi connectivity index (χ4n) is 1.58. The summed E-state index contributed by atoms with van der Waals surface area (Å²) in [5, 5.41) is 28.9. The largest absolute Gasteiger partial charge is 0.463 e. The van der Waals surface area contributed by atoms with Crippen molar-refractivity contribution in [1.82, 2.24) is 0 Å². The molecule has 0 aromatic rings. The minimum Gasteiger partial charge on any atom is -0.463 e. The molecule has 1 saturated heterocycles. The molecule has 5 atom stereocenters. The zero-order chi connectivity index (χ0) is 13.9. The van der Waals surface area contributed by atoms with Gasteiger partial charge in [0.2, 0.25) is 0 Å². The van der Waals surface area contributed by atoms with Gasteiger partial charge in [-0.1, -0.05) is 0 Å². The van der Waals surface area contributed by atoms with Crippen molar-refractivity contribution in [2.24, 2.45) is 0 Å². The van der Waals surface area contributed by atoms with Gasteiger partial charge in [0.25, 0.3) is 0 Å². The van der Waals surface area contributed by atoms with E-state index in [0.717, 1.165) is 6.92 Å². The van der Waals surface area contributed by atoms with Crippen molar-refractivity contribution in [1.29, 1.82) is 0 Å². The van der Waals surface area contributed by atoms with E-state index < -0.39 is 42.6 Å². The highest BCUT2D eigenvalue weighted by atomic mass is 16.7. The Bertz CT molecular complexity index is 315. The maximum atomic E-state index is 10.8. The van der Waals surface area contributed by atoms with Crippen LogP contribution < -0.4 is 0 Å². The molecule has 1 aliphatic heterocycles. The quantitative estimate of drug-likeness (QED) is 0.496. The van der Waals surface area contributed by atoms with E-state index in [2.05, 4.69) is 9.47 Å². The summed E-state index contributed by atoms with van der Waals surface area (Å²) in [4.78, 5) is 21.4. The highest BCUT2D eigenvalue weighted by Gasteiger charge is 2.46. The van der Waals surface area contributed by atoms with Crippen LogP contribution in [0.1, 0.15) is 13.8 Å². The Balaban J connectivity index is 2.64. The molecule has 3 N–H and O–H groups in total. The second-order valence-corrected chi connectivity index (χ2v) is 3.92. The Labute approximate surface area is 103 Å². The Morgan fingerprint density at radius 2 is 1.72 bits per heavy atom. The monoisotopic (exact) mass is 264 g/mol. The lowest BCUT2D eigenvalue weighted by Crippen LogP contribution is -2.59. The number of hydrogen-bond acceptors (Lipinski definition) is 8. The molecule has 1 aliphatic rings. The smallest absolute Gasteiger partial charge is 0.303 e. The summed E-state index contributed by atoms with van der Waals surface area (Å²) in [5.74, 6) is -1.32. The Morgan fingerprint density at radius 3 is 2.22 bits per heavy atom. The maximum Gasteiger partial charge on any atom is 0.303 e. The molecule has 8 heteroatoms. The van der Waals surface area contributed by atoms with E-state index in [4.69, 9.17) is 4.74 Å². The molecule has 0 radical (unpaired) electrons. The average molecular weight is 264 g/mol. The number of aliphatic hydroxyl groups excluding tert-OH is 3. The lowest BCUT2D eigenvalue weighted by molar-refractivity contribution is -0.291. The summed E-state index contributed by atoms with van der Waals surface area (Å²) in [6.07, 6.45) is -7.06. The lowest BCUT2D eigenvalue weighted by atomic mass is 9.99. The van der Waals surface area contributed by atoms with E-state index in [1.165, 1.54) is 6.92 Å². The van der Waals surface area contributed by atoms with Crippen LogP contribution in [0.25, 0.3) is 0 Å². The molecule has 0 amide bonds. The van der Waals surface area contributed by atoms with Crippen molar-refractivity contribution < 1.29 is 39.1 Å². The molecule has 1 rings (SSSR count). The van der Waals surface area contributed by atoms with E-state index in [9.17, 15) is 24.9 Å². The van der Waals surface area contributed by atoms with Gasteiger partial charge in [-0.25, -0.2) is 0 Å². The van der Waals surface area contributed by atoms with Crippen molar-refractivity contribution in [3.8, 4) is 0 Å². The molecule has 0 saturated carbocycles. The molecule has 0 bridgehead atoms. The Kier molecular flexibility index (Phi) is 5.03. The summed E-state index contributed by atoms with van der Waals surface area (Å²) in [7, 11) is 0. The first-order chi connectivity index (χ1) is 8.32. The molecule has 0 aromatic heterocycles. The first-order valence-electron chi connectivity index (χ1n) is 5.33. The minimum absolute atomic E-state index is 0.322. The number of aliphatic hydroxyl groups is 3. The van der Waals surface area contributed by atoms with Crippen LogP contribution in [0.4, 0.5) is 0 Å². The zero-order valence-corrected chi connectivity index (χ0v) is 9.98. The molecular weight excluding hydrogens is 248 g/mol. The number of ether oxygens (including phenoxy) is 3. The van der Waals surface area contributed by atoms with Crippen LogP contribution in [0, 0.1) is 0 Å². The van der Waals surface area contributed by atoms with Crippen LogP contribution in [-0.2, 0) is 23.8 Å². The highest BCUT2D eigenvalue weighted by Crippen LogP contribution is 2.22. The van der Waals surface area contributed by atoms with Gasteiger partial charge < -0.3 is 29.5 Å². The third-order valence-electron chi connectivity index (χ3n) is 2.42. The molecule has 3 unspecified atom stereocenters. The van der Waals surface area contributed by atoms with Gasteiger partial charge >= 0.3 is 11.9 Å². The Morgan fingerprint density at radius 1 is 1.11 bits per heavy atom. The van der Waals surface area contributed by atoms with E-state index >= 15 is 0 Å². The summed E-state index contributed by atoms with van der Waals surface area (Å²) in [6.45, 7) is 1.94. The molecule has 18 heavy (non-hydrogen) atoms. The SMILES string of the molecule is CC(=O)OCC1OC(O)C(OC(C)=O)[C@@H](O)[C@H]1O. The number of carbonyl (C=O) groups excluding carboxylic acids is 2. The fourth-order valence-corrected chi connectivity index (χ4v) is 1.58. The van der Waals surface area contributed by atoms with Crippen LogP contribution in [0.2, 0.25) is 0 Å². The van der Waals surface area contributed by atoms with Crippen molar-refractivity contribution in [2.45, 2.75) is 44.6 Å². The summed E-state index contributed by atoms with van der Waals surface area (Å²) in [5.41, 5.74) is 0. The van der Waals surface area contributed by atoms with Crippen LogP contribution in [0.3, 0.4) is 0 Å². The first kappa shape index (κ1) is 14.8. The van der Waals surface area contributed by atoms with Gasteiger partial charge in [-0.3, -0.25) is 9.59 Å². The van der Waals surface area contributed by atoms with Crippen LogP contribution in [-0.4, -0.2) is 64.6 Å². The molecule has 0 aliphatic carbocycles. The number of rotatable bonds is 3. The standard InChI is InChI=1S/C10H16O8/c1-4(11)16-3-6-7(13)8(14)9(10(15)18-6)17-5(2)12/h6-10,13-15H,3H2,1-2H3/t6?,7-,8-,9?,10?/m0/s1. The average Bonchev–Trinajstić information content (AvgIpc) is 2.27. The van der Waals surface area contributed by atoms with Crippen molar-refractivity contribution in [2.75, 3.05) is 6.61 Å². The van der Waals surface area contributed by atoms with Crippen molar-refractivity contribution in [3.05, 3.63) is 0 Å². The summed E-state index contributed by atoms with van der Waals surface area (Å²) in [6, 6.07) is 0. The van der Waals surface area contributed by atoms with Gasteiger partial charge in [0.05, 0.1) is 0 Å². The van der Waals surface area contributed by atoms with Crippen molar-refractivity contribution >= 4 is 11.9 Å². The van der Waals surface area contributed by atoms with Gasteiger partial charge in [-0.05, 0) is 0 Å². The van der Waals surface area contributed by atoms with Crippen LogP contribution in [0.5, 0.6) is 0 Å². The van der Waals surface area contributed by atoms with Gasteiger partial charge in [0, 0.05) is 13.8 Å². The second-order valence-electron chi connectivity index (χ2n) is 3.92. The predicted molar refractivity (Wildman–Crippen MR) is 55.1 cm³/mol. The van der Waals surface area contributed by atoms with Crippen molar-refractivity contribution in [3.63, 3.8) is 0 Å². The highest BCUT2D eigenvalue weighted by molar-refractivity contribution is 5.66. The van der Waals surface area contributed by atoms with E-state index in [-0.39, 0.29) is 6.61 Å². The predicted octanol–water partition coefficient (Wildman–Crippen LogP) is -2.08. The third-order valence-corrected chi connectivity index (χ3v) is 2.42. The number of esters is 2.